The van der Waals surface area contributed by atoms with Gasteiger partial charge in [-0.05, 0) is 41.3 Å². The Labute approximate surface area is 132 Å². The predicted molar refractivity (Wildman–Crippen MR) is 90.4 cm³/mol. The third-order valence-electron chi connectivity index (χ3n) is 2.87. The van der Waals surface area contributed by atoms with Crippen LogP contribution in [0, 0.1) is 5.41 Å². The molecule has 128 valence electrons. The van der Waals surface area contributed by atoms with Crippen molar-refractivity contribution in [2.45, 2.75) is 41.5 Å². The molecular weight excluding hydrogens is 286 g/mol. The Kier molecular flexibility index (Phi) is 24.1. The van der Waals surface area contributed by atoms with Gasteiger partial charge in [0, 0.05) is 41.5 Å². The maximum Gasteiger partial charge on any atom is 0.0518 e. The third kappa shape index (κ3) is 12.9. The average Bonchev–Trinajstić information content (AvgIpc) is 2.40. The molecule has 10 heteroatoms. The number of azide groups is 3. The standard InChI is InChI=1S/C9H17N9O.3CH4/c1-19-8-9(2-5-13-16-10,3-6-14-17-11)4-7-15-18-12;;;/h2-8H2,1H3;3*1H4. The first-order valence-electron chi connectivity index (χ1n) is 5.76. The number of hydrogen-bond acceptors (Lipinski definition) is 4. The van der Waals surface area contributed by atoms with Gasteiger partial charge in [-0.2, -0.15) is 0 Å². The third-order valence-corrected chi connectivity index (χ3v) is 2.87. The van der Waals surface area contributed by atoms with Crippen LogP contribution in [0.2, 0.25) is 0 Å². The number of hydrogen-bond donors (Lipinski definition) is 0. The monoisotopic (exact) mass is 315 g/mol. The van der Waals surface area contributed by atoms with E-state index in [9.17, 15) is 0 Å². The molecule has 0 rings (SSSR count). The van der Waals surface area contributed by atoms with E-state index in [2.05, 4.69) is 30.1 Å². The quantitative estimate of drug-likeness (QED) is 0.270. The Bertz CT molecular complexity index is 338. The lowest BCUT2D eigenvalue weighted by Gasteiger charge is -2.32. The van der Waals surface area contributed by atoms with Crippen molar-refractivity contribution in [2.24, 2.45) is 20.8 Å². The summed E-state index contributed by atoms with van der Waals surface area (Å²) in [5.41, 5.74) is 24.6. The van der Waals surface area contributed by atoms with Gasteiger partial charge in [0.2, 0.25) is 0 Å². The van der Waals surface area contributed by atoms with E-state index >= 15 is 0 Å². The second-order valence-electron chi connectivity index (χ2n) is 4.05. The molecule has 0 saturated carbocycles. The lowest BCUT2D eigenvalue weighted by molar-refractivity contribution is 0.0633. The van der Waals surface area contributed by atoms with Crippen molar-refractivity contribution in [3.8, 4) is 0 Å². The fourth-order valence-corrected chi connectivity index (χ4v) is 1.89. The van der Waals surface area contributed by atoms with Gasteiger partial charge in [0.1, 0.15) is 0 Å². The van der Waals surface area contributed by atoms with E-state index in [1.807, 2.05) is 0 Å². The molecule has 0 aromatic heterocycles. The minimum atomic E-state index is -0.314. The van der Waals surface area contributed by atoms with Crippen LogP contribution >= 0.6 is 0 Å². The molecule has 22 heavy (non-hydrogen) atoms. The minimum absolute atomic E-state index is 0. The van der Waals surface area contributed by atoms with Crippen molar-refractivity contribution in [3.63, 3.8) is 0 Å². The number of rotatable bonds is 11. The Morgan fingerprint density at radius 1 is 0.773 bits per heavy atom. The predicted octanol–water partition coefficient (Wildman–Crippen LogP) is 5.63. The molecule has 0 saturated heterocycles. The van der Waals surface area contributed by atoms with Crippen LogP contribution in [0.1, 0.15) is 41.5 Å². The summed E-state index contributed by atoms with van der Waals surface area (Å²) in [5.74, 6) is 0. The molecule has 0 bridgehead atoms. The molecule has 0 heterocycles. The molecule has 0 radical (unpaired) electrons. The first-order valence-corrected chi connectivity index (χ1v) is 5.76. The molecule has 0 fully saturated rings. The van der Waals surface area contributed by atoms with E-state index < -0.39 is 0 Å². The zero-order valence-corrected chi connectivity index (χ0v) is 10.9. The highest BCUT2D eigenvalue weighted by Crippen LogP contribution is 2.32. The Morgan fingerprint density at radius 3 is 1.32 bits per heavy atom. The van der Waals surface area contributed by atoms with Crippen molar-refractivity contribution in [3.05, 3.63) is 31.3 Å². The number of ether oxygens (including phenoxy) is 1. The second-order valence-corrected chi connectivity index (χ2v) is 4.05. The molecule has 0 spiro atoms. The van der Waals surface area contributed by atoms with Gasteiger partial charge in [0.15, 0.2) is 0 Å². The zero-order chi connectivity index (χ0) is 14.4. The lowest BCUT2D eigenvalue weighted by atomic mass is 9.78. The van der Waals surface area contributed by atoms with Gasteiger partial charge in [-0.25, -0.2) is 0 Å². The van der Waals surface area contributed by atoms with Crippen LogP contribution in [0.4, 0.5) is 0 Å². The first-order chi connectivity index (χ1) is 9.24. The zero-order valence-electron chi connectivity index (χ0n) is 10.9. The fraction of sp³-hybridized carbons (Fsp3) is 1.00. The summed E-state index contributed by atoms with van der Waals surface area (Å²) in [7, 11) is 1.57. The average molecular weight is 315 g/mol. The molecule has 0 amide bonds. The maximum atomic E-state index is 8.32. The molecule has 0 atom stereocenters. The topological polar surface area (TPSA) is 156 Å². The molecule has 0 aliphatic carbocycles. The van der Waals surface area contributed by atoms with Gasteiger partial charge < -0.3 is 4.74 Å². The maximum absolute atomic E-state index is 8.32. The van der Waals surface area contributed by atoms with Crippen LogP contribution in [0.3, 0.4) is 0 Å². The normalized spacial score (nSPS) is 10.8. The second kappa shape index (κ2) is 18.9. The molecule has 0 aromatic carbocycles. The lowest BCUT2D eigenvalue weighted by Crippen LogP contribution is -2.29. The largest absolute Gasteiger partial charge is 0.384 e. The summed E-state index contributed by atoms with van der Waals surface area (Å²) in [6, 6.07) is 0. The fourth-order valence-electron chi connectivity index (χ4n) is 1.89. The number of nitrogens with zero attached hydrogens (tertiary/aromatic N) is 9. The summed E-state index contributed by atoms with van der Waals surface area (Å²) in [4.78, 5) is 8.14. The summed E-state index contributed by atoms with van der Waals surface area (Å²) in [6.07, 6.45) is 1.77. The first kappa shape index (κ1) is 28.1. The van der Waals surface area contributed by atoms with Crippen molar-refractivity contribution < 1.29 is 4.74 Å². The van der Waals surface area contributed by atoms with Gasteiger partial charge in [0.05, 0.1) is 6.61 Å². The summed E-state index contributed by atoms with van der Waals surface area (Å²) in [5, 5.41) is 10.5. The summed E-state index contributed by atoms with van der Waals surface area (Å²) < 4.78 is 5.20. The van der Waals surface area contributed by atoms with Crippen LogP contribution in [-0.4, -0.2) is 33.4 Å². The van der Waals surface area contributed by atoms with Gasteiger partial charge >= 0.3 is 0 Å². The highest BCUT2D eigenvalue weighted by atomic mass is 16.5. The highest BCUT2D eigenvalue weighted by Gasteiger charge is 2.28. The minimum Gasteiger partial charge on any atom is -0.384 e. The van der Waals surface area contributed by atoms with Crippen LogP contribution < -0.4 is 0 Å². The van der Waals surface area contributed by atoms with E-state index in [1.165, 1.54) is 0 Å². The van der Waals surface area contributed by atoms with E-state index in [0.29, 0.717) is 45.5 Å². The molecule has 0 N–H and O–H groups in total. The molecule has 0 aromatic rings. The molecule has 0 aliphatic heterocycles. The van der Waals surface area contributed by atoms with Gasteiger partial charge in [-0.15, -0.1) is 0 Å². The van der Waals surface area contributed by atoms with E-state index in [4.69, 9.17) is 21.3 Å². The van der Waals surface area contributed by atoms with Crippen LogP contribution in [0.25, 0.3) is 31.3 Å². The van der Waals surface area contributed by atoms with E-state index in [0.717, 1.165) is 0 Å². The van der Waals surface area contributed by atoms with Crippen molar-refractivity contribution in [2.75, 3.05) is 33.4 Å². The summed E-state index contributed by atoms with van der Waals surface area (Å²) in [6.45, 7) is 1.40. The highest BCUT2D eigenvalue weighted by molar-refractivity contribution is 4.82. The van der Waals surface area contributed by atoms with Crippen molar-refractivity contribution in [1.82, 2.24) is 0 Å². The molecule has 0 aliphatic rings. The van der Waals surface area contributed by atoms with Gasteiger partial charge in [0.25, 0.3) is 0 Å². The van der Waals surface area contributed by atoms with Crippen LogP contribution in [-0.2, 0) is 4.74 Å². The summed E-state index contributed by atoms with van der Waals surface area (Å²) >= 11 is 0. The van der Waals surface area contributed by atoms with Gasteiger partial charge in [-0.1, -0.05) is 37.6 Å². The van der Waals surface area contributed by atoms with Crippen LogP contribution in [0.5, 0.6) is 0 Å². The van der Waals surface area contributed by atoms with E-state index in [-0.39, 0.29) is 27.7 Å². The van der Waals surface area contributed by atoms with Crippen LogP contribution in [0.15, 0.2) is 15.3 Å². The van der Waals surface area contributed by atoms with Crippen molar-refractivity contribution >= 4 is 0 Å². The molecule has 10 nitrogen and oxygen atoms in total. The Morgan fingerprint density at radius 2 is 1.09 bits per heavy atom. The van der Waals surface area contributed by atoms with Gasteiger partial charge in [-0.3, -0.25) is 0 Å². The molecule has 0 unspecified atom stereocenters. The Balaban J connectivity index is -0.000000540. The van der Waals surface area contributed by atoms with E-state index in [1.54, 1.807) is 7.11 Å². The SMILES string of the molecule is C.C.C.COCC(CCN=[N+]=[N-])(CCN=[N+]=[N-])CCN=[N+]=[N-]. The molecular formula is C12H29N9O. The number of methoxy groups -OCH3 is 1. The smallest absolute Gasteiger partial charge is 0.0518 e. The van der Waals surface area contributed by atoms with Crippen molar-refractivity contribution in [1.29, 1.82) is 0 Å². The Hall–Kier alpha value is -2.11.